The lowest BCUT2D eigenvalue weighted by Crippen LogP contribution is -2.52. The normalized spacial score (nSPS) is 29.8. The first-order chi connectivity index (χ1) is 16.5. The molecule has 1 aliphatic heterocycles. The quantitative estimate of drug-likeness (QED) is 0.660. The Kier molecular flexibility index (Phi) is 5.51. The van der Waals surface area contributed by atoms with Crippen LogP contribution in [0, 0.1) is 23.2 Å². The summed E-state index contributed by atoms with van der Waals surface area (Å²) in [5.41, 5.74) is 2.81. The van der Waals surface area contributed by atoms with Crippen molar-refractivity contribution in [2.45, 2.75) is 64.6 Å². The molecule has 4 bridgehead atoms. The molecule has 1 aromatic carbocycles. The van der Waals surface area contributed by atoms with Crippen LogP contribution in [0.3, 0.4) is 0 Å². The Morgan fingerprint density at radius 2 is 1.76 bits per heavy atom. The van der Waals surface area contributed by atoms with Gasteiger partial charge in [-0.25, -0.2) is 9.97 Å². The fraction of sp³-hybridized carbons (Fsp3) is 0.577. The largest absolute Gasteiger partial charge is 0.435 e. The molecule has 4 saturated carbocycles. The molecular formula is C26H30F2N4O2. The van der Waals surface area contributed by atoms with E-state index < -0.39 is 6.61 Å². The van der Waals surface area contributed by atoms with Crippen LogP contribution in [0.1, 0.15) is 55.3 Å². The van der Waals surface area contributed by atoms with Gasteiger partial charge in [0.25, 0.3) is 0 Å². The number of benzene rings is 1. The minimum absolute atomic E-state index is 0.162. The summed E-state index contributed by atoms with van der Waals surface area (Å²) in [5, 5.41) is 3.23. The standard InChI is InChI=1S/C26H30F2N4O2/c27-25(28)34-20-3-1-16(2-4-20)13-32-6-5-21-22(14-32)29-15-30-23(21)31-24(33)26-10-17-7-18(11-26)9-19(8-17)12-26/h1-4,15,17-19,25H,5-14H2,(H,29,30,31,33). The first-order valence-corrected chi connectivity index (χ1v) is 12.4. The zero-order chi connectivity index (χ0) is 23.3. The van der Waals surface area contributed by atoms with Crippen molar-refractivity contribution < 1.29 is 18.3 Å². The van der Waals surface area contributed by atoms with Crippen molar-refractivity contribution in [3.05, 3.63) is 47.4 Å². The molecule has 1 aromatic heterocycles. The van der Waals surface area contributed by atoms with Gasteiger partial charge in [-0.3, -0.25) is 9.69 Å². The van der Waals surface area contributed by atoms with Gasteiger partial charge in [0.15, 0.2) is 0 Å². The van der Waals surface area contributed by atoms with Crippen LogP contribution in [-0.2, 0) is 24.3 Å². The lowest BCUT2D eigenvalue weighted by molar-refractivity contribution is -0.140. The van der Waals surface area contributed by atoms with Crippen LogP contribution < -0.4 is 10.1 Å². The van der Waals surface area contributed by atoms with Gasteiger partial charge in [-0.15, -0.1) is 0 Å². The van der Waals surface area contributed by atoms with Gasteiger partial charge >= 0.3 is 6.61 Å². The molecule has 2 aromatic rings. The molecule has 34 heavy (non-hydrogen) atoms. The summed E-state index contributed by atoms with van der Waals surface area (Å²) in [5.74, 6) is 3.18. The fourth-order valence-electron chi connectivity index (χ4n) is 7.31. The van der Waals surface area contributed by atoms with E-state index in [4.69, 9.17) is 0 Å². The molecule has 0 saturated heterocycles. The van der Waals surface area contributed by atoms with E-state index in [0.29, 0.717) is 18.9 Å². The molecule has 4 fully saturated rings. The van der Waals surface area contributed by atoms with Crippen molar-refractivity contribution in [3.8, 4) is 5.75 Å². The average molecular weight is 469 g/mol. The van der Waals surface area contributed by atoms with E-state index in [-0.39, 0.29) is 17.1 Å². The van der Waals surface area contributed by atoms with Gasteiger partial charge < -0.3 is 10.1 Å². The highest BCUT2D eigenvalue weighted by Crippen LogP contribution is 2.60. The number of nitrogens with zero attached hydrogens (tertiary/aromatic N) is 3. The summed E-state index contributed by atoms with van der Waals surface area (Å²) in [4.78, 5) is 24.8. The average Bonchev–Trinajstić information content (AvgIpc) is 2.79. The third kappa shape index (κ3) is 4.17. The maximum atomic E-state index is 13.5. The first-order valence-electron chi connectivity index (χ1n) is 12.4. The summed E-state index contributed by atoms with van der Waals surface area (Å²) in [6, 6.07) is 6.76. The Morgan fingerprint density at radius 1 is 1.09 bits per heavy atom. The van der Waals surface area contributed by atoms with Gasteiger partial charge in [0.05, 0.1) is 11.1 Å². The summed E-state index contributed by atoms with van der Waals surface area (Å²) in [6.45, 7) is -0.654. The van der Waals surface area contributed by atoms with E-state index in [1.807, 2.05) is 12.1 Å². The number of nitrogens with one attached hydrogen (secondary N) is 1. The molecule has 5 aliphatic rings. The van der Waals surface area contributed by atoms with Gasteiger partial charge in [-0.05, 0) is 80.4 Å². The van der Waals surface area contributed by atoms with Gasteiger partial charge in [0, 0.05) is 25.2 Å². The lowest BCUT2D eigenvalue weighted by atomic mass is 9.49. The number of anilines is 1. The Morgan fingerprint density at radius 3 is 2.41 bits per heavy atom. The van der Waals surface area contributed by atoms with Crippen molar-refractivity contribution in [1.29, 1.82) is 0 Å². The number of carbonyl (C=O) groups is 1. The van der Waals surface area contributed by atoms with Gasteiger partial charge in [-0.2, -0.15) is 8.78 Å². The van der Waals surface area contributed by atoms with E-state index in [9.17, 15) is 13.6 Å². The van der Waals surface area contributed by atoms with E-state index in [1.54, 1.807) is 18.5 Å². The second-order valence-corrected chi connectivity index (χ2v) is 10.8. The van der Waals surface area contributed by atoms with Crippen molar-refractivity contribution in [1.82, 2.24) is 14.9 Å². The molecule has 8 heteroatoms. The summed E-state index contributed by atoms with van der Waals surface area (Å²) < 4.78 is 29.2. The van der Waals surface area contributed by atoms with Crippen molar-refractivity contribution >= 4 is 11.7 Å². The van der Waals surface area contributed by atoms with Gasteiger partial charge in [0.2, 0.25) is 5.91 Å². The topological polar surface area (TPSA) is 67.4 Å². The monoisotopic (exact) mass is 468 g/mol. The molecule has 0 atom stereocenters. The number of carbonyl (C=O) groups excluding carboxylic acids is 1. The molecule has 6 nitrogen and oxygen atoms in total. The fourth-order valence-corrected chi connectivity index (χ4v) is 7.31. The SMILES string of the molecule is O=C(Nc1ncnc2c1CCN(Cc1ccc(OC(F)F)cc1)C2)C12CC3CC(CC(C3)C1)C2. The van der Waals surface area contributed by atoms with E-state index >= 15 is 0 Å². The smallest absolute Gasteiger partial charge is 0.387 e. The molecule has 0 spiro atoms. The highest BCUT2D eigenvalue weighted by molar-refractivity contribution is 5.95. The third-order valence-electron chi connectivity index (χ3n) is 8.39. The second kappa shape index (κ2) is 8.56. The van der Waals surface area contributed by atoms with Crippen LogP contribution in [0.25, 0.3) is 0 Å². The number of hydrogen-bond donors (Lipinski definition) is 1. The zero-order valence-corrected chi connectivity index (χ0v) is 19.2. The molecule has 1 N–H and O–H groups in total. The van der Waals surface area contributed by atoms with Crippen LogP contribution in [0.4, 0.5) is 14.6 Å². The predicted octanol–water partition coefficient (Wildman–Crippen LogP) is 4.79. The summed E-state index contributed by atoms with van der Waals surface area (Å²) >= 11 is 0. The maximum absolute atomic E-state index is 13.5. The van der Waals surface area contributed by atoms with Crippen LogP contribution in [0.2, 0.25) is 0 Å². The molecule has 180 valence electrons. The molecule has 2 heterocycles. The van der Waals surface area contributed by atoms with Crippen molar-refractivity contribution in [2.24, 2.45) is 23.2 Å². The molecule has 1 amide bonds. The van der Waals surface area contributed by atoms with Gasteiger partial charge in [0.1, 0.15) is 17.9 Å². The van der Waals surface area contributed by atoms with E-state index in [0.717, 1.165) is 66.8 Å². The Hall–Kier alpha value is -2.61. The Labute approximate surface area is 198 Å². The van der Waals surface area contributed by atoms with Crippen LogP contribution in [-0.4, -0.2) is 33.9 Å². The molecular weight excluding hydrogens is 438 g/mol. The molecule has 7 rings (SSSR count). The number of ether oxygens (including phenoxy) is 1. The van der Waals surface area contributed by atoms with E-state index in [1.165, 1.54) is 19.3 Å². The summed E-state index contributed by atoms with van der Waals surface area (Å²) in [6.07, 6.45) is 9.36. The third-order valence-corrected chi connectivity index (χ3v) is 8.39. The highest BCUT2D eigenvalue weighted by Gasteiger charge is 2.54. The molecule has 4 aliphatic carbocycles. The zero-order valence-electron chi connectivity index (χ0n) is 19.2. The number of rotatable bonds is 6. The first kappa shape index (κ1) is 21.9. The molecule has 0 radical (unpaired) electrons. The Bertz CT molecular complexity index is 1040. The lowest BCUT2D eigenvalue weighted by Gasteiger charge is -2.55. The van der Waals surface area contributed by atoms with Crippen molar-refractivity contribution in [3.63, 3.8) is 0 Å². The van der Waals surface area contributed by atoms with Crippen LogP contribution in [0.15, 0.2) is 30.6 Å². The second-order valence-electron chi connectivity index (χ2n) is 10.8. The van der Waals surface area contributed by atoms with Crippen LogP contribution in [0.5, 0.6) is 5.75 Å². The number of aromatic nitrogens is 2. The van der Waals surface area contributed by atoms with E-state index in [2.05, 4.69) is 24.9 Å². The number of alkyl halides is 2. The number of fused-ring (bicyclic) bond motifs is 1. The minimum Gasteiger partial charge on any atom is -0.435 e. The van der Waals surface area contributed by atoms with Crippen LogP contribution >= 0.6 is 0 Å². The number of halogens is 2. The van der Waals surface area contributed by atoms with Gasteiger partial charge in [-0.1, -0.05) is 12.1 Å². The Balaban J connectivity index is 1.13. The highest BCUT2D eigenvalue weighted by atomic mass is 19.3. The number of hydrogen-bond acceptors (Lipinski definition) is 5. The summed E-state index contributed by atoms with van der Waals surface area (Å²) in [7, 11) is 0. The van der Waals surface area contributed by atoms with Crippen molar-refractivity contribution in [2.75, 3.05) is 11.9 Å². The molecule has 0 unspecified atom stereocenters. The number of amides is 1. The predicted molar refractivity (Wildman–Crippen MR) is 122 cm³/mol. The minimum atomic E-state index is -2.82. The maximum Gasteiger partial charge on any atom is 0.387 e.